The molecule has 0 fully saturated rings. The molecule has 0 saturated heterocycles. The van der Waals surface area contributed by atoms with E-state index < -0.39 is 0 Å². The molecule has 0 radical (unpaired) electrons. The van der Waals surface area contributed by atoms with Crippen LogP contribution < -0.4 is 20.1 Å². The van der Waals surface area contributed by atoms with Crippen LogP contribution in [0.5, 0.6) is 11.5 Å². The second-order valence-electron chi connectivity index (χ2n) is 5.44. The zero-order chi connectivity index (χ0) is 17.5. The van der Waals surface area contributed by atoms with E-state index >= 15 is 0 Å². The lowest BCUT2D eigenvalue weighted by atomic mass is 10.3. The van der Waals surface area contributed by atoms with Gasteiger partial charge in [-0.25, -0.2) is 0 Å². The summed E-state index contributed by atoms with van der Waals surface area (Å²) in [6, 6.07) is 12.6. The molecule has 5 nitrogen and oxygen atoms in total. The highest BCUT2D eigenvalue weighted by Crippen LogP contribution is 2.27. The van der Waals surface area contributed by atoms with Crippen molar-refractivity contribution < 1.29 is 14.3 Å². The lowest BCUT2D eigenvalue weighted by molar-refractivity contribution is -0.114. The summed E-state index contributed by atoms with van der Waals surface area (Å²) in [7, 11) is 1.54. The maximum absolute atomic E-state index is 12.0. The van der Waals surface area contributed by atoms with Gasteiger partial charge in [-0.15, -0.1) is 0 Å². The number of hydrogen-bond donors (Lipinski definition) is 2. The quantitative estimate of drug-likeness (QED) is 0.787. The minimum atomic E-state index is -0.168. The molecule has 0 bridgehead atoms. The molecule has 0 atom stereocenters. The number of benzene rings is 2. The monoisotopic (exact) mass is 348 g/mol. The first-order valence-corrected chi connectivity index (χ1v) is 7.99. The maximum atomic E-state index is 12.0. The number of methoxy groups -OCH3 is 1. The van der Waals surface area contributed by atoms with Gasteiger partial charge in [-0.3, -0.25) is 4.79 Å². The Morgan fingerprint density at radius 2 is 1.79 bits per heavy atom. The van der Waals surface area contributed by atoms with Crippen molar-refractivity contribution >= 4 is 28.9 Å². The third-order valence-electron chi connectivity index (χ3n) is 3.11. The number of carbonyl (C=O) groups excluding carboxylic acids is 1. The van der Waals surface area contributed by atoms with Crippen molar-refractivity contribution in [1.29, 1.82) is 0 Å². The van der Waals surface area contributed by atoms with Crippen molar-refractivity contribution in [2.45, 2.75) is 20.0 Å². The molecule has 128 valence electrons. The van der Waals surface area contributed by atoms with Crippen LogP contribution in [0.4, 0.5) is 11.4 Å². The fourth-order valence-corrected chi connectivity index (χ4v) is 2.31. The first-order chi connectivity index (χ1) is 11.5. The number of anilines is 2. The Hall–Kier alpha value is -2.40. The van der Waals surface area contributed by atoms with Gasteiger partial charge in [-0.05, 0) is 56.3 Å². The van der Waals surface area contributed by atoms with Crippen molar-refractivity contribution in [3.8, 4) is 11.5 Å². The van der Waals surface area contributed by atoms with Crippen LogP contribution >= 0.6 is 11.6 Å². The Balaban J connectivity index is 1.85. The van der Waals surface area contributed by atoms with Gasteiger partial charge in [0.25, 0.3) is 0 Å². The summed E-state index contributed by atoms with van der Waals surface area (Å²) >= 11 is 6.03. The molecule has 0 spiro atoms. The van der Waals surface area contributed by atoms with E-state index in [0.29, 0.717) is 16.5 Å². The molecule has 0 aliphatic heterocycles. The minimum Gasteiger partial charge on any atom is -0.495 e. The molecular formula is C18H21ClN2O3. The second-order valence-corrected chi connectivity index (χ2v) is 5.85. The van der Waals surface area contributed by atoms with Gasteiger partial charge in [-0.2, -0.15) is 0 Å². The number of amides is 1. The Morgan fingerprint density at radius 1 is 1.12 bits per heavy atom. The maximum Gasteiger partial charge on any atom is 0.243 e. The third-order valence-corrected chi connectivity index (χ3v) is 3.41. The molecule has 2 aromatic carbocycles. The van der Waals surface area contributed by atoms with Crippen LogP contribution in [0.25, 0.3) is 0 Å². The van der Waals surface area contributed by atoms with E-state index in [1.54, 1.807) is 25.3 Å². The van der Waals surface area contributed by atoms with Gasteiger partial charge in [0.15, 0.2) is 0 Å². The van der Waals surface area contributed by atoms with Crippen LogP contribution in [0, 0.1) is 0 Å². The summed E-state index contributed by atoms with van der Waals surface area (Å²) < 4.78 is 10.7. The van der Waals surface area contributed by atoms with Crippen LogP contribution in [-0.4, -0.2) is 25.7 Å². The zero-order valence-electron chi connectivity index (χ0n) is 13.9. The largest absolute Gasteiger partial charge is 0.495 e. The standard InChI is InChI=1S/C18H21ClN2O3/c1-12(2)24-15-7-4-13(5-8-15)20-11-18(22)21-14-6-9-17(23-3)16(19)10-14/h4-10,12,20H,11H2,1-3H3,(H,21,22). The van der Waals surface area contributed by atoms with Crippen LogP contribution in [0.2, 0.25) is 5.02 Å². The lowest BCUT2D eigenvalue weighted by Gasteiger charge is -2.11. The van der Waals surface area contributed by atoms with E-state index in [9.17, 15) is 4.79 Å². The van der Waals surface area contributed by atoms with Crippen LogP contribution in [0.15, 0.2) is 42.5 Å². The molecule has 1 amide bonds. The van der Waals surface area contributed by atoms with E-state index in [-0.39, 0.29) is 18.6 Å². The number of nitrogens with one attached hydrogen (secondary N) is 2. The van der Waals surface area contributed by atoms with Gasteiger partial charge in [-0.1, -0.05) is 11.6 Å². The lowest BCUT2D eigenvalue weighted by Crippen LogP contribution is -2.21. The Labute approximate surface area is 146 Å². The predicted octanol–water partition coefficient (Wildman–Crippen LogP) is 4.19. The summed E-state index contributed by atoms with van der Waals surface area (Å²) in [5.74, 6) is 1.20. The van der Waals surface area contributed by atoms with E-state index in [1.165, 1.54) is 0 Å². The van der Waals surface area contributed by atoms with Crippen molar-refractivity contribution in [1.82, 2.24) is 0 Å². The van der Waals surface area contributed by atoms with E-state index in [2.05, 4.69) is 10.6 Å². The van der Waals surface area contributed by atoms with Crippen LogP contribution in [0.3, 0.4) is 0 Å². The van der Waals surface area contributed by atoms with Gasteiger partial charge in [0.1, 0.15) is 11.5 Å². The van der Waals surface area contributed by atoms with Gasteiger partial charge >= 0.3 is 0 Å². The number of hydrogen-bond acceptors (Lipinski definition) is 4. The fraction of sp³-hybridized carbons (Fsp3) is 0.278. The van der Waals surface area contributed by atoms with Crippen molar-refractivity contribution in [2.75, 3.05) is 24.3 Å². The predicted molar refractivity (Wildman–Crippen MR) is 97.3 cm³/mol. The average Bonchev–Trinajstić information content (AvgIpc) is 2.54. The summed E-state index contributed by atoms with van der Waals surface area (Å²) in [5, 5.41) is 6.28. The van der Waals surface area contributed by atoms with E-state index in [1.807, 2.05) is 38.1 Å². The molecule has 6 heteroatoms. The van der Waals surface area contributed by atoms with Gasteiger partial charge in [0, 0.05) is 11.4 Å². The number of rotatable bonds is 7. The van der Waals surface area contributed by atoms with Crippen molar-refractivity contribution in [2.24, 2.45) is 0 Å². The first kappa shape index (κ1) is 17.9. The smallest absolute Gasteiger partial charge is 0.243 e. The van der Waals surface area contributed by atoms with E-state index in [0.717, 1.165) is 11.4 Å². The highest BCUT2D eigenvalue weighted by Gasteiger charge is 2.06. The molecule has 0 heterocycles. The fourth-order valence-electron chi connectivity index (χ4n) is 2.06. The Bertz CT molecular complexity index is 687. The summed E-state index contributed by atoms with van der Waals surface area (Å²) in [6.07, 6.45) is 0.130. The Kier molecular flexibility index (Phi) is 6.32. The molecule has 0 aliphatic rings. The SMILES string of the molecule is COc1ccc(NC(=O)CNc2ccc(OC(C)C)cc2)cc1Cl. The average molecular weight is 349 g/mol. The first-order valence-electron chi connectivity index (χ1n) is 7.62. The molecule has 0 aliphatic carbocycles. The molecule has 24 heavy (non-hydrogen) atoms. The topological polar surface area (TPSA) is 59.6 Å². The van der Waals surface area contributed by atoms with Gasteiger partial charge in [0.2, 0.25) is 5.91 Å². The molecule has 0 saturated carbocycles. The molecular weight excluding hydrogens is 328 g/mol. The molecule has 2 aromatic rings. The number of ether oxygens (including phenoxy) is 2. The Morgan fingerprint density at radius 3 is 2.38 bits per heavy atom. The normalized spacial score (nSPS) is 10.4. The number of halogens is 1. The minimum absolute atomic E-state index is 0.130. The number of carbonyl (C=O) groups is 1. The summed E-state index contributed by atoms with van der Waals surface area (Å²) in [5.41, 5.74) is 1.46. The molecule has 2 N–H and O–H groups in total. The van der Waals surface area contributed by atoms with Crippen LogP contribution in [0.1, 0.15) is 13.8 Å². The highest BCUT2D eigenvalue weighted by molar-refractivity contribution is 6.32. The van der Waals surface area contributed by atoms with Crippen molar-refractivity contribution in [3.05, 3.63) is 47.5 Å². The van der Waals surface area contributed by atoms with Crippen LogP contribution in [-0.2, 0) is 4.79 Å². The third kappa shape index (κ3) is 5.35. The molecule has 2 rings (SSSR count). The van der Waals surface area contributed by atoms with E-state index in [4.69, 9.17) is 21.1 Å². The molecule has 0 aromatic heterocycles. The molecule has 0 unspecified atom stereocenters. The van der Waals surface area contributed by atoms with Gasteiger partial charge < -0.3 is 20.1 Å². The summed E-state index contributed by atoms with van der Waals surface area (Å²) in [4.78, 5) is 12.0. The van der Waals surface area contributed by atoms with Gasteiger partial charge in [0.05, 0.1) is 24.8 Å². The highest BCUT2D eigenvalue weighted by atomic mass is 35.5. The van der Waals surface area contributed by atoms with Crippen molar-refractivity contribution in [3.63, 3.8) is 0 Å². The summed E-state index contributed by atoms with van der Waals surface area (Å²) in [6.45, 7) is 4.10. The zero-order valence-corrected chi connectivity index (χ0v) is 14.7. The second kappa shape index (κ2) is 8.45.